The maximum absolute atomic E-state index is 13.4. The van der Waals surface area contributed by atoms with Gasteiger partial charge in [-0.05, 0) is 50.8 Å². The van der Waals surface area contributed by atoms with Crippen LogP contribution in [0.25, 0.3) is 0 Å². The number of nitrogens with two attached hydrogens (primary N) is 1. The molecule has 1 aromatic heterocycles. The summed E-state index contributed by atoms with van der Waals surface area (Å²) in [6.45, 7) is 2.10. The van der Waals surface area contributed by atoms with Crippen molar-refractivity contribution in [3.63, 3.8) is 0 Å². The normalized spacial score (nSPS) is 22.8. The lowest BCUT2D eigenvalue weighted by Gasteiger charge is -2.32. The number of benzene rings is 1. The van der Waals surface area contributed by atoms with Crippen molar-refractivity contribution in [3.8, 4) is 5.75 Å². The summed E-state index contributed by atoms with van der Waals surface area (Å²) in [6.07, 6.45) is 2.08. The van der Waals surface area contributed by atoms with Crippen LogP contribution in [0.15, 0.2) is 34.9 Å². The molecule has 1 saturated carbocycles. The first kappa shape index (κ1) is 22.8. The van der Waals surface area contributed by atoms with Crippen molar-refractivity contribution in [2.75, 3.05) is 20.2 Å². The second-order valence-electron chi connectivity index (χ2n) is 8.55. The number of aryl methyl sites for hydroxylation is 1. The van der Waals surface area contributed by atoms with Crippen molar-refractivity contribution in [2.45, 2.75) is 50.9 Å². The van der Waals surface area contributed by atoms with Gasteiger partial charge in [0.1, 0.15) is 11.5 Å². The zero-order valence-electron chi connectivity index (χ0n) is 18.8. The Balaban J connectivity index is 1.59. The Morgan fingerprint density at radius 2 is 1.79 bits per heavy atom. The summed E-state index contributed by atoms with van der Waals surface area (Å²) in [7, 11) is 1.52. The number of nitrogens with zero attached hydrogens (tertiary/aromatic N) is 3. The maximum atomic E-state index is 13.4. The molecule has 2 heterocycles. The molecule has 4 rings (SSSR count). The minimum Gasteiger partial charge on any atom is -0.497 e. The highest BCUT2D eigenvalue weighted by atomic mass is 16.5. The molecule has 0 spiro atoms. The van der Waals surface area contributed by atoms with E-state index in [1.807, 2.05) is 0 Å². The van der Waals surface area contributed by atoms with Crippen molar-refractivity contribution in [2.24, 2.45) is 5.73 Å². The fourth-order valence-electron chi connectivity index (χ4n) is 4.41. The summed E-state index contributed by atoms with van der Waals surface area (Å²) >= 11 is 0. The molecule has 10 heteroatoms. The van der Waals surface area contributed by atoms with E-state index in [2.05, 4.69) is 10.5 Å². The number of carbonyl (C=O) groups is 3. The Morgan fingerprint density at radius 1 is 1.09 bits per heavy atom. The van der Waals surface area contributed by atoms with E-state index >= 15 is 0 Å². The molecular formula is C23H29N5O5. The molecule has 2 aliphatic rings. The van der Waals surface area contributed by atoms with E-state index in [-0.39, 0.29) is 36.8 Å². The summed E-state index contributed by atoms with van der Waals surface area (Å²) in [5, 5.41) is 6.83. The van der Waals surface area contributed by atoms with Gasteiger partial charge in [-0.15, -0.1) is 0 Å². The van der Waals surface area contributed by atoms with Gasteiger partial charge in [-0.1, -0.05) is 11.2 Å². The van der Waals surface area contributed by atoms with Gasteiger partial charge in [0.25, 0.3) is 17.7 Å². The number of aromatic nitrogens is 1. The molecule has 3 N–H and O–H groups in total. The number of carbonyl (C=O) groups excluding carboxylic acids is 3. The minimum atomic E-state index is -1.09. The number of rotatable bonds is 5. The fourth-order valence-corrected chi connectivity index (χ4v) is 4.41. The monoisotopic (exact) mass is 455 g/mol. The highest BCUT2D eigenvalue weighted by Crippen LogP contribution is 2.24. The fraction of sp³-hybridized carbons (Fsp3) is 0.478. The molecule has 1 unspecified atom stereocenters. The first-order chi connectivity index (χ1) is 15.9. The van der Waals surface area contributed by atoms with E-state index in [9.17, 15) is 14.4 Å². The Kier molecular flexibility index (Phi) is 6.64. The van der Waals surface area contributed by atoms with Crippen LogP contribution >= 0.6 is 0 Å². The van der Waals surface area contributed by atoms with Crippen LogP contribution in [-0.4, -0.2) is 71.1 Å². The molecule has 1 aliphatic heterocycles. The van der Waals surface area contributed by atoms with Crippen LogP contribution in [-0.2, 0) is 4.79 Å². The zero-order valence-corrected chi connectivity index (χ0v) is 18.8. The van der Waals surface area contributed by atoms with E-state index in [4.69, 9.17) is 15.0 Å². The SMILES string of the molecule is COc1cccc(C(=O)N2CCN(C(=O)c3cc(C)on3)C2C(=O)NC2CCC(N)CC2)c1. The average molecular weight is 456 g/mol. The summed E-state index contributed by atoms with van der Waals surface area (Å²) < 4.78 is 10.3. The van der Waals surface area contributed by atoms with Crippen LogP contribution in [0.3, 0.4) is 0 Å². The molecule has 0 radical (unpaired) electrons. The van der Waals surface area contributed by atoms with Crippen LogP contribution in [0.5, 0.6) is 5.75 Å². The largest absolute Gasteiger partial charge is 0.497 e. The second kappa shape index (κ2) is 9.62. The van der Waals surface area contributed by atoms with Gasteiger partial charge in [0, 0.05) is 36.8 Å². The molecule has 2 aromatic rings. The van der Waals surface area contributed by atoms with Gasteiger partial charge in [0.05, 0.1) is 7.11 Å². The lowest BCUT2D eigenvalue weighted by Crippen LogP contribution is -2.56. The average Bonchev–Trinajstić information content (AvgIpc) is 3.46. The molecule has 1 atom stereocenters. The third-order valence-corrected chi connectivity index (χ3v) is 6.21. The standard InChI is InChI=1S/C23H29N5O5/c1-14-12-19(26-33-14)23(31)28-11-10-27(22(30)15-4-3-5-18(13-15)32-2)21(28)20(29)25-17-8-6-16(24)7-9-17/h3-5,12-13,16-17,21H,6-11,24H2,1-2H3,(H,25,29). The lowest BCUT2D eigenvalue weighted by molar-refractivity contribution is -0.129. The zero-order chi connectivity index (χ0) is 23.5. The number of nitrogens with one attached hydrogen (secondary N) is 1. The highest BCUT2D eigenvalue weighted by Gasteiger charge is 2.44. The van der Waals surface area contributed by atoms with Crippen molar-refractivity contribution in [3.05, 3.63) is 47.3 Å². The second-order valence-corrected chi connectivity index (χ2v) is 8.55. The van der Waals surface area contributed by atoms with Gasteiger partial charge < -0.3 is 30.1 Å². The summed E-state index contributed by atoms with van der Waals surface area (Å²) in [4.78, 5) is 42.8. The predicted molar refractivity (Wildman–Crippen MR) is 118 cm³/mol. The number of hydrogen-bond acceptors (Lipinski definition) is 7. The Morgan fingerprint density at radius 3 is 2.42 bits per heavy atom. The number of methoxy groups -OCH3 is 1. The molecule has 2 fully saturated rings. The molecular weight excluding hydrogens is 426 g/mol. The third-order valence-electron chi connectivity index (χ3n) is 6.21. The van der Waals surface area contributed by atoms with Crippen LogP contribution in [0.4, 0.5) is 0 Å². The summed E-state index contributed by atoms with van der Waals surface area (Å²) in [6, 6.07) is 8.35. The van der Waals surface area contributed by atoms with E-state index in [1.165, 1.54) is 23.0 Å². The predicted octanol–water partition coefficient (Wildman–Crippen LogP) is 1.30. The third kappa shape index (κ3) is 4.85. The molecule has 1 saturated heterocycles. The Bertz CT molecular complexity index is 1030. The van der Waals surface area contributed by atoms with Gasteiger partial charge in [-0.3, -0.25) is 14.4 Å². The van der Waals surface area contributed by atoms with Gasteiger partial charge in [-0.25, -0.2) is 0 Å². The molecule has 176 valence electrons. The quantitative estimate of drug-likeness (QED) is 0.695. The molecule has 0 bridgehead atoms. The van der Waals surface area contributed by atoms with Crippen molar-refractivity contribution in [1.82, 2.24) is 20.3 Å². The Labute approximate surface area is 192 Å². The highest BCUT2D eigenvalue weighted by molar-refractivity contribution is 6.01. The van der Waals surface area contributed by atoms with Gasteiger partial charge >= 0.3 is 0 Å². The topological polar surface area (TPSA) is 131 Å². The smallest absolute Gasteiger partial charge is 0.278 e. The van der Waals surface area contributed by atoms with Gasteiger partial charge in [0.2, 0.25) is 0 Å². The van der Waals surface area contributed by atoms with Crippen LogP contribution < -0.4 is 15.8 Å². The van der Waals surface area contributed by atoms with E-state index in [0.717, 1.165) is 25.7 Å². The number of ether oxygens (including phenoxy) is 1. The molecule has 33 heavy (non-hydrogen) atoms. The minimum absolute atomic E-state index is 0.0436. The maximum Gasteiger partial charge on any atom is 0.278 e. The summed E-state index contributed by atoms with van der Waals surface area (Å²) in [5.41, 5.74) is 6.46. The van der Waals surface area contributed by atoms with E-state index < -0.39 is 18.0 Å². The van der Waals surface area contributed by atoms with E-state index in [1.54, 1.807) is 31.2 Å². The van der Waals surface area contributed by atoms with Crippen LogP contribution in [0.2, 0.25) is 0 Å². The first-order valence-electron chi connectivity index (χ1n) is 11.1. The van der Waals surface area contributed by atoms with Gasteiger partial charge in [-0.2, -0.15) is 0 Å². The molecule has 3 amide bonds. The van der Waals surface area contributed by atoms with E-state index in [0.29, 0.717) is 17.1 Å². The lowest BCUT2D eigenvalue weighted by atomic mass is 9.92. The molecule has 10 nitrogen and oxygen atoms in total. The number of amides is 3. The van der Waals surface area contributed by atoms with Gasteiger partial charge in [0.15, 0.2) is 11.9 Å². The van der Waals surface area contributed by atoms with Crippen molar-refractivity contribution < 1.29 is 23.6 Å². The molecule has 1 aromatic carbocycles. The first-order valence-corrected chi connectivity index (χ1v) is 11.1. The number of hydrogen-bond donors (Lipinski definition) is 2. The van der Waals surface area contributed by atoms with Crippen LogP contribution in [0.1, 0.15) is 52.3 Å². The Hall–Kier alpha value is -3.40. The molecule has 1 aliphatic carbocycles. The summed E-state index contributed by atoms with van der Waals surface area (Å²) in [5.74, 6) is -0.185. The van der Waals surface area contributed by atoms with Crippen LogP contribution in [0, 0.1) is 6.92 Å². The van der Waals surface area contributed by atoms with Crippen molar-refractivity contribution in [1.29, 1.82) is 0 Å². The van der Waals surface area contributed by atoms with Crippen molar-refractivity contribution >= 4 is 17.7 Å².